The summed E-state index contributed by atoms with van der Waals surface area (Å²) in [5, 5.41) is 3.78. The average Bonchev–Trinajstić information content (AvgIpc) is 2.93. The molecule has 0 bridgehead atoms. The van der Waals surface area contributed by atoms with Crippen LogP contribution in [0.4, 0.5) is 4.39 Å². The fraction of sp³-hybridized carbons (Fsp3) is 0.375. The van der Waals surface area contributed by atoms with E-state index in [0.717, 1.165) is 11.3 Å². The minimum Gasteiger partial charge on any atom is -0.370 e. The van der Waals surface area contributed by atoms with E-state index in [1.807, 2.05) is 6.92 Å². The molecule has 2 aromatic rings. The normalized spacial score (nSPS) is 18.5. The summed E-state index contributed by atoms with van der Waals surface area (Å²) in [4.78, 5) is 14.1. The van der Waals surface area contributed by atoms with Crippen molar-refractivity contribution in [1.82, 2.24) is 10.1 Å². The van der Waals surface area contributed by atoms with Crippen molar-refractivity contribution in [3.05, 3.63) is 53.2 Å². The highest BCUT2D eigenvalue weighted by molar-refractivity contribution is 5.78. The van der Waals surface area contributed by atoms with Gasteiger partial charge in [-0.25, -0.2) is 4.39 Å². The molecule has 0 saturated carbocycles. The number of halogens is 1. The van der Waals surface area contributed by atoms with Crippen molar-refractivity contribution in [3.8, 4) is 0 Å². The molecule has 1 fully saturated rings. The topological polar surface area (TPSA) is 55.6 Å². The molecule has 3 rings (SSSR count). The molecule has 0 unspecified atom stereocenters. The van der Waals surface area contributed by atoms with E-state index in [9.17, 15) is 9.18 Å². The van der Waals surface area contributed by atoms with Crippen molar-refractivity contribution >= 4 is 5.91 Å². The smallest absolute Gasteiger partial charge is 0.230 e. The van der Waals surface area contributed by atoms with E-state index in [-0.39, 0.29) is 24.2 Å². The molecular weight excluding hydrogens is 287 g/mol. The number of carbonyl (C=O) groups excluding carboxylic acids is 1. The Kier molecular flexibility index (Phi) is 4.20. The summed E-state index contributed by atoms with van der Waals surface area (Å²) in [6.07, 6.45) is -0.0356. The summed E-state index contributed by atoms with van der Waals surface area (Å²) in [6, 6.07) is 7.94. The number of aromatic nitrogens is 1. The van der Waals surface area contributed by atoms with Crippen LogP contribution in [0, 0.1) is 12.7 Å². The molecular formula is C16H17FN2O3. The fourth-order valence-electron chi connectivity index (χ4n) is 2.52. The Morgan fingerprint density at radius 1 is 1.41 bits per heavy atom. The Labute approximate surface area is 127 Å². The molecule has 5 nitrogen and oxygen atoms in total. The monoisotopic (exact) mass is 304 g/mol. The average molecular weight is 304 g/mol. The standard InChI is InChI=1S/C16H17FN2O3/c1-11-8-14(22-18-11)9-16(20)19-6-7-21-15(10-19)12-2-4-13(17)5-3-12/h2-5,8,15H,6-7,9-10H2,1H3/t15-/m1/s1. The largest absolute Gasteiger partial charge is 0.370 e. The van der Waals surface area contributed by atoms with Gasteiger partial charge in [-0.2, -0.15) is 0 Å². The maximum atomic E-state index is 13.0. The van der Waals surface area contributed by atoms with Crippen LogP contribution in [0.25, 0.3) is 0 Å². The highest BCUT2D eigenvalue weighted by atomic mass is 19.1. The molecule has 0 radical (unpaired) electrons. The predicted octanol–water partition coefficient (Wildman–Crippen LogP) is 2.26. The third-order valence-corrected chi connectivity index (χ3v) is 3.66. The first kappa shape index (κ1) is 14.7. The Balaban J connectivity index is 1.64. The van der Waals surface area contributed by atoms with Gasteiger partial charge in [0.25, 0.3) is 0 Å². The van der Waals surface area contributed by atoms with Crippen molar-refractivity contribution in [2.45, 2.75) is 19.4 Å². The fourth-order valence-corrected chi connectivity index (χ4v) is 2.52. The van der Waals surface area contributed by atoms with Crippen LogP contribution in [-0.4, -0.2) is 35.7 Å². The van der Waals surface area contributed by atoms with E-state index in [1.165, 1.54) is 12.1 Å². The first-order valence-corrected chi connectivity index (χ1v) is 7.19. The zero-order valence-electron chi connectivity index (χ0n) is 12.3. The Bertz CT molecular complexity index is 654. The Morgan fingerprint density at radius 2 is 2.18 bits per heavy atom. The number of nitrogens with zero attached hydrogens (tertiary/aromatic N) is 2. The van der Waals surface area contributed by atoms with Gasteiger partial charge in [-0.05, 0) is 24.6 Å². The maximum absolute atomic E-state index is 13.0. The van der Waals surface area contributed by atoms with Gasteiger partial charge in [0.1, 0.15) is 17.7 Å². The second-order valence-corrected chi connectivity index (χ2v) is 5.36. The van der Waals surface area contributed by atoms with Crippen molar-refractivity contribution in [2.75, 3.05) is 19.7 Å². The number of ether oxygens (including phenoxy) is 1. The summed E-state index contributed by atoms with van der Waals surface area (Å²) in [7, 11) is 0. The molecule has 22 heavy (non-hydrogen) atoms. The van der Waals surface area contributed by atoms with Crippen molar-refractivity contribution < 1.29 is 18.4 Å². The van der Waals surface area contributed by atoms with Gasteiger partial charge in [0, 0.05) is 12.6 Å². The molecule has 1 aromatic heterocycles. The van der Waals surface area contributed by atoms with E-state index in [4.69, 9.17) is 9.26 Å². The molecule has 1 aliphatic heterocycles. The van der Waals surface area contributed by atoms with E-state index in [1.54, 1.807) is 23.1 Å². The lowest BCUT2D eigenvalue weighted by molar-refractivity contribution is -0.138. The lowest BCUT2D eigenvalue weighted by atomic mass is 10.1. The van der Waals surface area contributed by atoms with Gasteiger partial charge < -0.3 is 14.2 Å². The second kappa shape index (κ2) is 6.27. The van der Waals surface area contributed by atoms with Crippen molar-refractivity contribution in [1.29, 1.82) is 0 Å². The third-order valence-electron chi connectivity index (χ3n) is 3.66. The van der Waals surface area contributed by atoms with Gasteiger partial charge in [0.2, 0.25) is 5.91 Å². The zero-order valence-corrected chi connectivity index (χ0v) is 12.3. The Hall–Kier alpha value is -2.21. The number of hydrogen-bond acceptors (Lipinski definition) is 4. The summed E-state index contributed by atoms with van der Waals surface area (Å²) in [5.41, 5.74) is 1.63. The van der Waals surface area contributed by atoms with Crippen LogP contribution in [0.15, 0.2) is 34.9 Å². The molecule has 1 amide bonds. The first-order valence-electron chi connectivity index (χ1n) is 7.19. The highest BCUT2D eigenvalue weighted by Crippen LogP contribution is 2.23. The van der Waals surface area contributed by atoms with Gasteiger partial charge >= 0.3 is 0 Å². The van der Waals surface area contributed by atoms with E-state index in [0.29, 0.717) is 25.5 Å². The predicted molar refractivity (Wildman–Crippen MR) is 76.6 cm³/mol. The molecule has 2 heterocycles. The SMILES string of the molecule is Cc1cc(CC(=O)N2CCO[C@@H](c3ccc(F)cc3)C2)on1. The van der Waals surface area contributed by atoms with Crippen molar-refractivity contribution in [2.24, 2.45) is 0 Å². The molecule has 1 aromatic carbocycles. The molecule has 1 atom stereocenters. The van der Waals surface area contributed by atoms with Crippen molar-refractivity contribution in [3.63, 3.8) is 0 Å². The molecule has 0 spiro atoms. The minimum atomic E-state index is -0.284. The number of benzene rings is 1. The van der Waals surface area contributed by atoms with E-state index >= 15 is 0 Å². The van der Waals surface area contributed by atoms with E-state index in [2.05, 4.69) is 5.16 Å². The molecule has 6 heteroatoms. The first-order chi connectivity index (χ1) is 10.6. The molecule has 0 N–H and O–H groups in total. The summed E-state index contributed by atoms with van der Waals surface area (Å²) in [6.45, 7) is 3.28. The maximum Gasteiger partial charge on any atom is 0.230 e. The second-order valence-electron chi connectivity index (χ2n) is 5.36. The van der Waals surface area contributed by atoms with Crippen LogP contribution in [0.5, 0.6) is 0 Å². The van der Waals surface area contributed by atoms with Crippen LogP contribution >= 0.6 is 0 Å². The lowest BCUT2D eigenvalue weighted by Crippen LogP contribution is -2.42. The van der Waals surface area contributed by atoms with Gasteiger partial charge in [-0.1, -0.05) is 17.3 Å². The minimum absolute atomic E-state index is 0.0217. The summed E-state index contributed by atoms with van der Waals surface area (Å²) >= 11 is 0. The number of carbonyl (C=O) groups is 1. The lowest BCUT2D eigenvalue weighted by Gasteiger charge is -2.33. The van der Waals surface area contributed by atoms with Gasteiger partial charge in [0.05, 0.1) is 25.3 Å². The van der Waals surface area contributed by atoms with Gasteiger partial charge in [-0.3, -0.25) is 4.79 Å². The van der Waals surface area contributed by atoms with Gasteiger partial charge in [-0.15, -0.1) is 0 Å². The number of morpholine rings is 1. The van der Waals surface area contributed by atoms with Gasteiger partial charge in [0.15, 0.2) is 0 Å². The molecule has 116 valence electrons. The molecule has 1 aliphatic rings. The van der Waals surface area contributed by atoms with Crippen LogP contribution in [0.2, 0.25) is 0 Å². The quantitative estimate of drug-likeness (QED) is 0.873. The van der Waals surface area contributed by atoms with Crippen LogP contribution in [0.3, 0.4) is 0 Å². The highest BCUT2D eigenvalue weighted by Gasteiger charge is 2.26. The zero-order chi connectivity index (χ0) is 15.5. The van der Waals surface area contributed by atoms with Crippen LogP contribution < -0.4 is 0 Å². The Morgan fingerprint density at radius 3 is 2.86 bits per heavy atom. The summed E-state index contributed by atoms with van der Waals surface area (Å²) < 4.78 is 23.7. The summed E-state index contributed by atoms with van der Waals surface area (Å²) in [5.74, 6) is 0.257. The number of aryl methyl sites for hydroxylation is 1. The van der Waals surface area contributed by atoms with Crippen LogP contribution in [-0.2, 0) is 16.0 Å². The van der Waals surface area contributed by atoms with E-state index < -0.39 is 0 Å². The number of rotatable bonds is 3. The van der Waals surface area contributed by atoms with Crippen LogP contribution in [0.1, 0.15) is 23.1 Å². The molecule has 1 saturated heterocycles. The number of hydrogen-bond donors (Lipinski definition) is 0. The molecule has 0 aliphatic carbocycles. The number of amides is 1. The third kappa shape index (κ3) is 3.33.